The zero-order valence-electron chi connectivity index (χ0n) is 17.0. The fourth-order valence-corrected chi connectivity index (χ4v) is 3.40. The van der Waals surface area contributed by atoms with E-state index in [9.17, 15) is 9.59 Å². The number of carbonyl (C=O) groups excluding carboxylic acids is 2. The highest BCUT2D eigenvalue weighted by Gasteiger charge is 2.22. The molecule has 1 aliphatic rings. The van der Waals surface area contributed by atoms with E-state index in [2.05, 4.69) is 21.6 Å². The molecule has 2 aromatic carbocycles. The van der Waals surface area contributed by atoms with E-state index in [0.717, 1.165) is 35.8 Å². The number of anilines is 2. The third kappa shape index (κ3) is 5.63. The summed E-state index contributed by atoms with van der Waals surface area (Å²) in [6.07, 6.45) is 0. The van der Waals surface area contributed by atoms with Crippen molar-refractivity contribution in [3.63, 3.8) is 0 Å². The van der Waals surface area contributed by atoms with Gasteiger partial charge in [0.2, 0.25) is 5.91 Å². The number of hydrogen-bond acceptors (Lipinski definition) is 4. The van der Waals surface area contributed by atoms with Gasteiger partial charge in [-0.2, -0.15) is 0 Å². The molecule has 2 aromatic rings. The fraction of sp³-hybridized carbons (Fsp3) is 0.364. The first-order chi connectivity index (χ1) is 14.1. The summed E-state index contributed by atoms with van der Waals surface area (Å²) >= 11 is 0. The molecule has 0 bridgehead atoms. The van der Waals surface area contributed by atoms with Crippen molar-refractivity contribution < 1.29 is 14.3 Å². The Bertz CT molecular complexity index is 847. The number of urea groups is 1. The van der Waals surface area contributed by atoms with Gasteiger partial charge in [-0.25, -0.2) is 4.79 Å². The van der Waals surface area contributed by atoms with Crippen molar-refractivity contribution in [1.82, 2.24) is 10.2 Å². The number of nitrogens with zero attached hydrogens (tertiary/aromatic N) is 2. The van der Waals surface area contributed by atoms with Crippen molar-refractivity contribution in [2.24, 2.45) is 0 Å². The van der Waals surface area contributed by atoms with Crippen LogP contribution in [-0.2, 0) is 11.3 Å². The topological polar surface area (TPSA) is 73.9 Å². The van der Waals surface area contributed by atoms with E-state index in [0.29, 0.717) is 26.2 Å². The van der Waals surface area contributed by atoms with Crippen LogP contribution in [0.1, 0.15) is 19.4 Å². The highest BCUT2D eigenvalue weighted by molar-refractivity contribution is 5.88. The maximum absolute atomic E-state index is 12.5. The summed E-state index contributed by atoms with van der Waals surface area (Å²) in [5.41, 5.74) is 2.74. The Hall–Kier alpha value is -3.22. The molecule has 0 aromatic heterocycles. The van der Waals surface area contributed by atoms with Gasteiger partial charge >= 0.3 is 6.03 Å². The van der Waals surface area contributed by atoms with Crippen molar-refractivity contribution in [2.45, 2.75) is 20.4 Å². The molecule has 1 saturated heterocycles. The lowest BCUT2D eigenvalue weighted by atomic mass is 10.2. The number of para-hydroxylation sites is 2. The van der Waals surface area contributed by atoms with Crippen LogP contribution in [0.15, 0.2) is 48.5 Å². The van der Waals surface area contributed by atoms with Gasteiger partial charge in [-0.1, -0.05) is 24.3 Å². The Morgan fingerprint density at radius 2 is 1.79 bits per heavy atom. The number of amides is 3. The van der Waals surface area contributed by atoms with Crippen LogP contribution in [0.3, 0.4) is 0 Å². The number of nitrogens with one attached hydrogen (secondary N) is 2. The molecular formula is C22H28N4O3. The summed E-state index contributed by atoms with van der Waals surface area (Å²) in [5.74, 6) is 0.766. The summed E-state index contributed by atoms with van der Waals surface area (Å²) in [7, 11) is 0. The molecular weight excluding hydrogens is 368 g/mol. The van der Waals surface area contributed by atoms with Crippen molar-refractivity contribution in [1.29, 1.82) is 0 Å². The summed E-state index contributed by atoms with van der Waals surface area (Å²) < 4.78 is 5.72. The van der Waals surface area contributed by atoms with Gasteiger partial charge in [-0.3, -0.25) is 4.79 Å². The summed E-state index contributed by atoms with van der Waals surface area (Å²) in [5, 5.41) is 5.72. The first kappa shape index (κ1) is 20.5. The number of carbonyl (C=O) groups is 2. The van der Waals surface area contributed by atoms with Gasteiger partial charge in [-0.15, -0.1) is 0 Å². The van der Waals surface area contributed by atoms with Gasteiger partial charge in [0, 0.05) is 45.3 Å². The minimum absolute atomic E-state index is 0.0762. The second kappa shape index (κ2) is 9.82. The van der Waals surface area contributed by atoms with Gasteiger partial charge in [0.15, 0.2) is 0 Å². The first-order valence-corrected chi connectivity index (χ1v) is 9.93. The molecule has 7 nitrogen and oxygen atoms in total. The van der Waals surface area contributed by atoms with E-state index >= 15 is 0 Å². The highest BCUT2D eigenvalue weighted by Crippen LogP contribution is 2.28. The van der Waals surface area contributed by atoms with Crippen molar-refractivity contribution in [3.05, 3.63) is 54.1 Å². The normalized spacial score (nSPS) is 13.7. The molecule has 154 valence electrons. The van der Waals surface area contributed by atoms with E-state index in [1.807, 2.05) is 54.3 Å². The maximum atomic E-state index is 12.5. The molecule has 0 atom stereocenters. The highest BCUT2D eigenvalue weighted by atomic mass is 16.5. The van der Waals surface area contributed by atoms with Gasteiger partial charge in [0.25, 0.3) is 0 Å². The van der Waals surface area contributed by atoms with Gasteiger partial charge < -0.3 is 25.2 Å². The molecule has 29 heavy (non-hydrogen) atoms. The predicted molar refractivity (Wildman–Crippen MR) is 114 cm³/mol. The van der Waals surface area contributed by atoms with E-state index in [4.69, 9.17) is 4.74 Å². The molecule has 0 saturated carbocycles. The first-order valence-electron chi connectivity index (χ1n) is 9.93. The van der Waals surface area contributed by atoms with Crippen LogP contribution in [0.4, 0.5) is 16.2 Å². The number of hydrogen-bond donors (Lipinski definition) is 2. The molecule has 0 radical (unpaired) electrons. The Morgan fingerprint density at radius 1 is 1.03 bits per heavy atom. The summed E-state index contributed by atoms with van der Waals surface area (Å²) in [6.45, 7) is 7.31. The average molecular weight is 396 g/mol. The molecule has 0 aliphatic carbocycles. The smallest absolute Gasteiger partial charge is 0.317 e. The van der Waals surface area contributed by atoms with E-state index in [1.54, 1.807) is 0 Å². The fourth-order valence-electron chi connectivity index (χ4n) is 3.40. The third-order valence-electron chi connectivity index (χ3n) is 4.76. The van der Waals surface area contributed by atoms with Crippen LogP contribution < -0.4 is 20.3 Å². The molecule has 1 aliphatic heterocycles. The molecule has 3 rings (SSSR count). The SMILES string of the molecule is CCOc1ccccc1N1CCN(C(=O)NCc2cccc(NC(C)=O)c2)CC1. The lowest BCUT2D eigenvalue weighted by Crippen LogP contribution is -2.51. The minimum Gasteiger partial charge on any atom is -0.492 e. The van der Waals surface area contributed by atoms with Crippen LogP contribution in [0.25, 0.3) is 0 Å². The molecule has 1 fully saturated rings. The Labute approximate surface area is 171 Å². The largest absolute Gasteiger partial charge is 0.492 e. The molecule has 0 unspecified atom stereocenters. The zero-order valence-corrected chi connectivity index (χ0v) is 17.0. The second-order valence-electron chi connectivity index (χ2n) is 6.92. The monoisotopic (exact) mass is 396 g/mol. The number of ether oxygens (including phenoxy) is 1. The quantitative estimate of drug-likeness (QED) is 0.787. The molecule has 7 heteroatoms. The van der Waals surface area contributed by atoms with E-state index < -0.39 is 0 Å². The standard InChI is InChI=1S/C22H28N4O3/c1-3-29-21-10-5-4-9-20(21)25-11-13-26(14-12-25)22(28)23-16-18-7-6-8-19(15-18)24-17(2)27/h4-10,15H,3,11-14,16H2,1-2H3,(H,23,28)(H,24,27). The summed E-state index contributed by atoms with van der Waals surface area (Å²) in [4.78, 5) is 27.8. The molecule has 2 N–H and O–H groups in total. The number of piperazine rings is 1. The van der Waals surface area contributed by atoms with Gasteiger partial charge in [0.05, 0.1) is 12.3 Å². The molecule has 1 heterocycles. The van der Waals surface area contributed by atoms with Crippen LogP contribution in [-0.4, -0.2) is 49.6 Å². The van der Waals surface area contributed by atoms with Crippen molar-refractivity contribution >= 4 is 23.3 Å². The second-order valence-corrected chi connectivity index (χ2v) is 6.92. The van der Waals surface area contributed by atoms with Gasteiger partial charge in [0.1, 0.15) is 5.75 Å². The zero-order chi connectivity index (χ0) is 20.6. The number of rotatable bonds is 6. The van der Waals surface area contributed by atoms with Crippen molar-refractivity contribution in [2.75, 3.05) is 43.0 Å². The van der Waals surface area contributed by atoms with E-state index in [-0.39, 0.29) is 11.9 Å². The van der Waals surface area contributed by atoms with E-state index in [1.165, 1.54) is 6.92 Å². The predicted octanol–water partition coefficient (Wildman–Crippen LogP) is 3.08. The van der Waals surface area contributed by atoms with Crippen LogP contribution >= 0.6 is 0 Å². The Kier molecular flexibility index (Phi) is 6.94. The third-order valence-corrected chi connectivity index (χ3v) is 4.76. The lowest BCUT2D eigenvalue weighted by molar-refractivity contribution is -0.114. The maximum Gasteiger partial charge on any atom is 0.317 e. The van der Waals surface area contributed by atoms with Crippen LogP contribution in [0.2, 0.25) is 0 Å². The van der Waals surface area contributed by atoms with Crippen LogP contribution in [0.5, 0.6) is 5.75 Å². The average Bonchev–Trinajstić information content (AvgIpc) is 2.73. The molecule has 3 amide bonds. The Morgan fingerprint density at radius 3 is 2.52 bits per heavy atom. The summed E-state index contributed by atoms with van der Waals surface area (Å²) in [6, 6.07) is 15.4. The lowest BCUT2D eigenvalue weighted by Gasteiger charge is -2.36. The molecule has 0 spiro atoms. The van der Waals surface area contributed by atoms with Gasteiger partial charge in [-0.05, 0) is 36.8 Å². The van der Waals surface area contributed by atoms with Crippen molar-refractivity contribution in [3.8, 4) is 5.75 Å². The van der Waals surface area contributed by atoms with Crippen LogP contribution in [0, 0.1) is 0 Å². The number of benzene rings is 2. The Balaban J connectivity index is 1.51. The minimum atomic E-state index is -0.116.